The number of alkyl halides is 6. The number of piperazine rings is 1. The SMILES string of the molecule is Nc1nc2c(-c3c(F)cc4c5c3ccn5CC[C@@H]3CNCCN3C4=O)ccc(F)c2s1.O=C(O)C(F)(F)F.O=C(O)C(F)(F)F. The minimum Gasteiger partial charge on any atom is -0.475 e. The molecule has 4 aromatic rings. The Hall–Kier alpha value is -4.52. The summed E-state index contributed by atoms with van der Waals surface area (Å²) in [4.78, 5) is 37.3. The summed E-state index contributed by atoms with van der Waals surface area (Å²) in [6.07, 6.45) is -7.45. The number of aromatic nitrogens is 2. The van der Waals surface area contributed by atoms with E-state index >= 15 is 4.39 Å². The molecule has 0 radical (unpaired) electrons. The van der Waals surface area contributed by atoms with Crippen molar-refractivity contribution in [3.05, 3.63) is 47.7 Å². The second-order valence-electron chi connectivity index (χ2n) is 9.63. The maximum atomic E-state index is 15.6. The number of nitrogens with zero attached hydrogens (tertiary/aromatic N) is 3. The Labute approximate surface area is 250 Å². The average Bonchev–Trinajstić information content (AvgIpc) is 3.55. The smallest absolute Gasteiger partial charge is 0.475 e. The number of carbonyl (C=O) groups is 3. The topological polar surface area (TPSA) is 151 Å². The number of hydrogen-bond donors (Lipinski definition) is 4. The maximum Gasteiger partial charge on any atom is 0.490 e. The number of nitrogen functional groups attached to an aromatic ring is 1. The van der Waals surface area contributed by atoms with Crippen LogP contribution in [0.5, 0.6) is 0 Å². The molecule has 1 amide bonds. The zero-order chi connectivity index (χ0) is 33.4. The van der Waals surface area contributed by atoms with Crippen molar-refractivity contribution in [2.45, 2.75) is 31.4 Å². The second-order valence-corrected chi connectivity index (χ2v) is 10.7. The van der Waals surface area contributed by atoms with Crippen molar-refractivity contribution in [3.63, 3.8) is 0 Å². The van der Waals surface area contributed by atoms with Gasteiger partial charge in [-0.15, -0.1) is 0 Å². The van der Waals surface area contributed by atoms with E-state index in [1.54, 1.807) is 0 Å². The highest BCUT2D eigenvalue weighted by Crippen LogP contribution is 2.41. The van der Waals surface area contributed by atoms with Gasteiger partial charge in [0.05, 0.1) is 21.3 Å². The van der Waals surface area contributed by atoms with Crippen LogP contribution in [0, 0.1) is 11.6 Å². The fraction of sp³-hybridized carbons (Fsp3) is 0.308. The van der Waals surface area contributed by atoms with Gasteiger partial charge in [-0.25, -0.2) is 23.4 Å². The lowest BCUT2D eigenvalue weighted by Gasteiger charge is -2.38. The van der Waals surface area contributed by atoms with Gasteiger partial charge in [0, 0.05) is 54.9 Å². The van der Waals surface area contributed by atoms with E-state index < -0.39 is 35.9 Å². The van der Waals surface area contributed by atoms with Crippen LogP contribution in [-0.4, -0.2) is 80.5 Å². The van der Waals surface area contributed by atoms with Crippen molar-refractivity contribution in [2.24, 2.45) is 0 Å². The van der Waals surface area contributed by atoms with Crippen LogP contribution in [0.2, 0.25) is 0 Å². The third-order valence-corrected chi connectivity index (χ3v) is 7.70. The lowest BCUT2D eigenvalue weighted by atomic mass is 9.95. The number of amides is 1. The van der Waals surface area contributed by atoms with E-state index in [0.717, 1.165) is 37.4 Å². The molecule has 5 N–H and O–H groups in total. The molecule has 0 unspecified atom stereocenters. The van der Waals surface area contributed by atoms with Crippen LogP contribution in [0.1, 0.15) is 16.8 Å². The summed E-state index contributed by atoms with van der Waals surface area (Å²) in [5, 5.41) is 18.4. The van der Waals surface area contributed by atoms with Crippen molar-refractivity contribution >= 4 is 55.4 Å². The number of nitrogens with one attached hydrogen (secondary N) is 1. The predicted molar refractivity (Wildman–Crippen MR) is 145 cm³/mol. The van der Waals surface area contributed by atoms with Crippen LogP contribution in [0.3, 0.4) is 0 Å². The number of carboxylic acid groups (broad SMARTS) is 2. The van der Waals surface area contributed by atoms with Gasteiger partial charge in [-0.2, -0.15) is 26.3 Å². The van der Waals surface area contributed by atoms with Gasteiger partial charge in [-0.3, -0.25) is 4.79 Å². The number of aliphatic carboxylic acids is 2. The van der Waals surface area contributed by atoms with E-state index in [1.165, 1.54) is 18.2 Å². The van der Waals surface area contributed by atoms with Crippen molar-refractivity contribution in [1.82, 2.24) is 19.8 Å². The number of anilines is 1. The molecular weight excluding hydrogens is 646 g/mol. The summed E-state index contributed by atoms with van der Waals surface area (Å²) in [6, 6.07) is 6.09. The van der Waals surface area contributed by atoms with Gasteiger partial charge < -0.3 is 30.7 Å². The number of carboxylic acids is 2. The summed E-state index contributed by atoms with van der Waals surface area (Å²) in [7, 11) is 0. The van der Waals surface area contributed by atoms with Gasteiger partial charge in [-0.05, 0) is 30.7 Å². The Morgan fingerprint density at radius 2 is 1.60 bits per heavy atom. The predicted octanol–water partition coefficient (Wildman–Crippen LogP) is 4.86. The third kappa shape index (κ3) is 6.93. The number of aryl methyl sites for hydroxylation is 1. The first-order chi connectivity index (χ1) is 20.9. The van der Waals surface area contributed by atoms with Gasteiger partial charge in [0.25, 0.3) is 5.91 Å². The van der Waals surface area contributed by atoms with Crippen molar-refractivity contribution in [3.8, 4) is 11.1 Å². The molecule has 2 aromatic heterocycles. The van der Waals surface area contributed by atoms with Crippen molar-refractivity contribution < 1.29 is 59.7 Å². The summed E-state index contributed by atoms with van der Waals surface area (Å²) in [5.74, 6) is -6.63. The maximum absolute atomic E-state index is 15.6. The van der Waals surface area contributed by atoms with Crippen LogP contribution >= 0.6 is 11.3 Å². The molecule has 2 aromatic carbocycles. The highest BCUT2D eigenvalue weighted by Gasteiger charge is 2.39. The Kier molecular flexibility index (Phi) is 9.25. The molecule has 10 nitrogen and oxygen atoms in total. The van der Waals surface area contributed by atoms with E-state index in [2.05, 4.69) is 10.3 Å². The highest BCUT2D eigenvalue weighted by atomic mass is 32.1. The Morgan fingerprint density at radius 1 is 0.978 bits per heavy atom. The van der Waals surface area contributed by atoms with Crippen LogP contribution in [0.25, 0.3) is 32.2 Å². The zero-order valence-electron chi connectivity index (χ0n) is 22.5. The summed E-state index contributed by atoms with van der Waals surface area (Å²) in [5.41, 5.74) is 8.02. The monoisotopic (exact) mass is 667 g/mol. The average molecular weight is 668 g/mol. The number of fused-ring (bicyclic) bond motifs is 2. The van der Waals surface area contributed by atoms with Gasteiger partial charge in [0.2, 0.25) is 0 Å². The van der Waals surface area contributed by atoms with E-state index in [1.807, 2.05) is 21.7 Å². The normalized spacial score (nSPS) is 16.6. The molecule has 0 spiro atoms. The van der Waals surface area contributed by atoms with Crippen LogP contribution in [0.15, 0.2) is 30.5 Å². The van der Waals surface area contributed by atoms with Gasteiger partial charge in [0.1, 0.15) is 11.6 Å². The molecule has 4 heterocycles. The molecule has 2 aliphatic rings. The number of rotatable bonds is 1. The minimum atomic E-state index is -5.08. The van der Waals surface area contributed by atoms with E-state index in [4.69, 9.17) is 25.5 Å². The first kappa shape index (κ1) is 33.4. The Morgan fingerprint density at radius 3 is 2.20 bits per heavy atom. The van der Waals surface area contributed by atoms with Crippen LogP contribution < -0.4 is 11.1 Å². The number of thiazole rings is 1. The molecule has 0 saturated carbocycles. The fourth-order valence-electron chi connectivity index (χ4n) is 4.92. The third-order valence-electron chi connectivity index (χ3n) is 6.81. The minimum absolute atomic E-state index is 0.0873. The molecule has 1 fully saturated rings. The summed E-state index contributed by atoms with van der Waals surface area (Å²) in [6.45, 7) is 2.79. The van der Waals surface area contributed by atoms with Gasteiger partial charge in [-0.1, -0.05) is 11.3 Å². The number of nitrogens with two attached hydrogens (primary N) is 1. The largest absolute Gasteiger partial charge is 0.490 e. The van der Waals surface area contributed by atoms with Gasteiger partial charge in [0.15, 0.2) is 5.13 Å². The molecule has 1 saturated heterocycles. The number of benzene rings is 2. The molecule has 19 heteroatoms. The summed E-state index contributed by atoms with van der Waals surface area (Å²) < 4.78 is 95.7. The molecule has 0 aliphatic carbocycles. The molecule has 2 aliphatic heterocycles. The highest BCUT2D eigenvalue weighted by molar-refractivity contribution is 7.22. The molecule has 1 atom stereocenters. The van der Waals surface area contributed by atoms with Crippen LogP contribution in [0.4, 0.5) is 40.3 Å². The summed E-state index contributed by atoms with van der Waals surface area (Å²) >= 11 is 1.04. The fourth-order valence-corrected chi connectivity index (χ4v) is 5.68. The quantitative estimate of drug-likeness (QED) is 0.210. The van der Waals surface area contributed by atoms with Crippen LogP contribution in [-0.2, 0) is 16.1 Å². The van der Waals surface area contributed by atoms with E-state index in [9.17, 15) is 35.5 Å². The second kappa shape index (κ2) is 12.5. The lowest BCUT2D eigenvalue weighted by molar-refractivity contribution is -0.193. The van der Waals surface area contributed by atoms with Crippen molar-refractivity contribution in [2.75, 3.05) is 25.4 Å². The Bertz CT molecular complexity index is 1760. The zero-order valence-corrected chi connectivity index (χ0v) is 23.3. The number of halogens is 8. The molecule has 45 heavy (non-hydrogen) atoms. The number of hydrogen-bond acceptors (Lipinski definition) is 7. The molecular formula is C26H21F8N5O5S. The van der Waals surface area contributed by atoms with Gasteiger partial charge >= 0.3 is 24.3 Å². The van der Waals surface area contributed by atoms with E-state index in [0.29, 0.717) is 44.4 Å². The Balaban J connectivity index is 0.000000277. The first-order valence-electron chi connectivity index (χ1n) is 12.7. The molecule has 0 bridgehead atoms. The molecule has 242 valence electrons. The van der Waals surface area contributed by atoms with E-state index in [-0.39, 0.29) is 17.1 Å². The number of carbonyl (C=O) groups excluding carboxylic acids is 1. The van der Waals surface area contributed by atoms with Crippen molar-refractivity contribution in [1.29, 1.82) is 0 Å². The first-order valence-corrected chi connectivity index (χ1v) is 13.5. The standard InChI is InChI=1S/C22H19F2N5OS.2C2HF3O2/c23-15-2-1-12(18-20(15)31-22(25)27-18)17-13-4-7-28-6-3-11-10-26-5-8-29(11)21(30)14(19(13)28)9-16(17)24;2*3-2(4,5)1(6)7/h1-2,4,7,9,11,26H,3,5-6,8,10H2,(H2,25,27);2*(H,6,7)/t11-;;/m1../s1. The molecule has 6 rings (SSSR count). The lowest BCUT2D eigenvalue weighted by Crippen LogP contribution is -2.54.